The molecule has 0 spiro atoms. The van der Waals surface area contributed by atoms with Gasteiger partial charge in [0.25, 0.3) is 0 Å². The number of hydrogen-bond donors (Lipinski definition) is 0. The van der Waals surface area contributed by atoms with E-state index in [4.69, 9.17) is 14.2 Å². The van der Waals surface area contributed by atoms with Gasteiger partial charge in [0.05, 0.1) is 21.3 Å². The number of hydrogen-bond acceptors (Lipinski definition) is 4. The normalized spacial score (nSPS) is 10.9. The van der Waals surface area contributed by atoms with Crippen LogP contribution in [0.3, 0.4) is 0 Å². The van der Waals surface area contributed by atoms with Crippen LogP contribution in [0.5, 0.6) is 0 Å². The Labute approximate surface area is 89.8 Å². The van der Waals surface area contributed by atoms with Crippen molar-refractivity contribution in [2.24, 2.45) is 0 Å². The van der Waals surface area contributed by atoms with E-state index in [1.807, 2.05) is 6.92 Å². The van der Waals surface area contributed by atoms with Crippen LogP contribution in [0.25, 0.3) is 0 Å². The molecule has 84 valence electrons. The first-order valence-electron chi connectivity index (χ1n) is 4.35. The van der Waals surface area contributed by atoms with Crippen molar-refractivity contribution in [2.45, 2.75) is 13.3 Å². The lowest BCUT2D eigenvalue weighted by Crippen LogP contribution is -2.03. The Balaban J connectivity index is 5.23. The molecule has 0 aliphatic heterocycles. The SMILES string of the molecule is C=C(C)C/C(OC)=C(/OC)C(=C=O)OC. The summed E-state index contributed by atoms with van der Waals surface area (Å²) < 4.78 is 15.0. The molecule has 0 aromatic rings. The van der Waals surface area contributed by atoms with Crippen LogP contribution in [-0.4, -0.2) is 27.3 Å². The van der Waals surface area contributed by atoms with Gasteiger partial charge in [-0.05, 0) is 6.92 Å². The van der Waals surface area contributed by atoms with Crippen LogP contribution in [0.2, 0.25) is 0 Å². The van der Waals surface area contributed by atoms with Crippen molar-refractivity contribution in [3.8, 4) is 0 Å². The lowest BCUT2D eigenvalue weighted by molar-refractivity contribution is 0.184. The highest BCUT2D eigenvalue weighted by atomic mass is 16.5. The summed E-state index contributed by atoms with van der Waals surface area (Å²) in [7, 11) is 4.30. The maximum atomic E-state index is 10.6. The molecule has 0 unspecified atom stereocenters. The van der Waals surface area contributed by atoms with Gasteiger partial charge in [-0.1, -0.05) is 12.2 Å². The van der Waals surface area contributed by atoms with E-state index in [9.17, 15) is 4.79 Å². The van der Waals surface area contributed by atoms with Crippen LogP contribution in [0.15, 0.2) is 29.4 Å². The minimum Gasteiger partial charge on any atom is -0.497 e. The van der Waals surface area contributed by atoms with Crippen molar-refractivity contribution in [3.63, 3.8) is 0 Å². The van der Waals surface area contributed by atoms with E-state index in [1.165, 1.54) is 21.3 Å². The Morgan fingerprint density at radius 2 is 1.80 bits per heavy atom. The van der Waals surface area contributed by atoms with Gasteiger partial charge in [-0.2, -0.15) is 0 Å². The number of ether oxygens (including phenoxy) is 3. The zero-order chi connectivity index (χ0) is 11.8. The molecule has 15 heavy (non-hydrogen) atoms. The van der Waals surface area contributed by atoms with Gasteiger partial charge in [0, 0.05) is 6.42 Å². The minimum absolute atomic E-state index is 0.0180. The summed E-state index contributed by atoms with van der Waals surface area (Å²) in [6, 6.07) is 0. The average molecular weight is 212 g/mol. The molecule has 0 aliphatic rings. The standard InChI is InChI=1S/C11H16O4/c1-8(2)6-9(13-3)11(15-5)10(7-12)14-4/h1,6H2,2-5H3/b11-9-. The van der Waals surface area contributed by atoms with Crippen molar-refractivity contribution < 1.29 is 19.0 Å². The Bertz CT molecular complexity index is 309. The molecule has 4 nitrogen and oxygen atoms in total. The smallest absolute Gasteiger partial charge is 0.249 e. The maximum absolute atomic E-state index is 10.6. The third-order valence-corrected chi connectivity index (χ3v) is 1.67. The molecule has 0 saturated heterocycles. The summed E-state index contributed by atoms with van der Waals surface area (Å²) in [5.74, 6) is 2.36. The topological polar surface area (TPSA) is 44.8 Å². The minimum atomic E-state index is -0.0180. The maximum Gasteiger partial charge on any atom is 0.249 e. The fourth-order valence-corrected chi connectivity index (χ4v) is 1.03. The van der Waals surface area contributed by atoms with Crippen molar-refractivity contribution in [1.82, 2.24) is 0 Å². The summed E-state index contributed by atoms with van der Waals surface area (Å²) in [4.78, 5) is 10.6. The van der Waals surface area contributed by atoms with E-state index in [0.717, 1.165) is 5.57 Å². The predicted molar refractivity (Wildman–Crippen MR) is 56.7 cm³/mol. The van der Waals surface area contributed by atoms with Crippen molar-refractivity contribution in [3.05, 3.63) is 29.4 Å². The quantitative estimate of drug-likeness (QED) is 0.291. The molecule has 0 atom stereocenters. The van der Waals surface area contributed by atoms with Crippen LogP contribution in [0.4, 0.5) is 0 Å². The second-order valence-corrected chi connectivity index (χ2v) is 2.93. The van der Waals surface area contributed by atoms with E-state index in [2.05, 4.69) is 6.58 Å². The first-order valence-corrected chi connectivity index (χ1v) is 4.35. The highest BCUT2D eigenvalue weighted by Gasteiger charge is 2.15. The Morgan fingerprint density at radius 1 is 1.20 bits per heavy atom. The van der Waals surface area contributed by atoms with Crippen molar-refractivity contribution in [1.29, 1.82) is 0 Å². The Kier molecular flexibility index (Phi) is 5.99. The molecule has 0 rings (SSSR count). The van der Waals surface area contributed by atoms with Gasteiger partial charge in [0.1, 0.15) is 5.76 Å². The van der Waals surface area contributed by atoms with E-state index in [1.54, 1.807) is 5.94 Å². The number of rotatable bonds is 6. The van der Waals surface area contributed by atoms with Gasteiger partial charge in [-0.25, -0.2) is 4.79 Å². The monoisotopic (exact) mass is 212 g/mol. The van der Waals surface area contributed by atoms with E-state index < -0.39 is 0 Å². The summed E-state index contributed by atoms with van der Waals surface area (Å²) in [6.45, 7) is 5.60. The van der Waals surface area contributed by atoms with Gasteiger partial charge in [-0.15, -0.1) is 0 Å². The molecule has 0 saturated carbocycles. The molecule has 0 aliphatic carbocycles. The third kappa shape index (κ3) is 3.92. The molecule has 4 heteroatoms. The summed E-state index contributed by atoms with van der Waals surface area (Å²) in [5, 5.41) is 0. The lowest BCUT2D eigenvalue weighted by Gasteiger charge is -2.12. The van der Waals surface area contributed by atoms with Crippen LogP contribution in [0, 0.1) is 0 Å². The molecule has 0 N–H and O–H groups in total. The first-order chi connectivity index (χ1) is 7.10. The molecule has 0 bridgehead atoms. The fourth-order valence-electron chi connectivity index (χ4n) is 1.03. The lowest BCUT2D eigenvalue weighted by atomic mass is 10.2. The van der Waals surface area contributed by atoms with E-state index in [0.29, 0.717) is 12.2 Å². The van der Waals surface area contributed by atoms with Gasteiger partial charge >= 0.3 is 0 Å². The van der Waals surface area contributed by atoms with Crippen LogP contribution >= 0.6 is 0 Å². The van der Waals surface area contributed by atoms with Crippen molar-refractivity contribution in [2.75, 3.05) is 21.3 Å². The molecule has 0 heterocycles. The van der Waals surface area contributed by atoms with Gasteiger partial charge < -0.3 is 14.2 Å². The number of carbonyl (C=O) groups excluding carboxylic acids is 1. The fraction of sp³-hybridized carbons (Fsp3) is 0.455. The largest absolute Gasteiger partial charge is 0.497 e. The zero-order valence-electron chi connectivity index (χ0n) is 9.55. The molecular formula is C11H16O4. The van der Waals surface area contributed by atoms with E-state index in [-0.39, 0.29) is 11.5 Å². The number of methoxy groups -OCH3 is 3. The molecule has 0 amide bonds. The summed E-state index contributed by atoms with van der Waals surface area (Å²) in [5.41, 5.74) is 0.891. The zero-order valence-corrected chi connectivity index (χ0v) is 9.55. The summed E-state index contributed by atoms with van der Waals surface area (Å²) >= 11 is 0. The van der Waals surface area contributed by atoms with E-state index >= 15 is 0 Å². The van der Waals surface area contributed by atoms with Crippen LogP contribution < -0.4 is 0 Å². The first kappa shape index (κ1) is 13.3. The third-order valence-electron chi connectivity index (χ3n) is 1.67. The highest BCUT2D eigenvalue weighted by molar-refractivity contribution is 5.56. The average Bonchev–Trinajstić information content (AvgIpc) is 2.22. The van der Waals surface area contributed by atoms with Crippen LogP contribution in [-0.2, 0) is 19.0 Å². The molecule has 0 aromatic carbocycles. The number of allylic oxidation sites excluding steroid dienone is 1. The highest BCUT2D eigenvalue weighted by Crippen LogP contribution is 2.20. The van der Waals surface area contributed by atoms with Crippen LogP contribution in [0.1, 0.15) is 13.3 Å². The molecule has 0 aromatic heterocycles. The Hall–Kier alpha value is -1.67. The molecule has 0 radical (unpaired) electrons. The van der Waals surface area contributed by atoms with Crippen molar-refractivity contribution >= 4 is 5.94 Å². The second-order valence-electron chi connectivity index (χ2n) is 2.93. The molecule has 0 fully saturated rings. The van der Waals surface area contributed by atoms with Gasteiger partial charge in [0.2, 0.25) is 11.5 Å². The predicted octanol–water partition coefficient (Wildman–Crippen LogP) is 1.82. The molecular weight excluding hydrogens is 196 g/mol. The van der Waals surface area contributed by atoms with Gasteiger partial charge in [-0.3, -0.25) is 0 Å². The van der Waals surface area contributed by atoms with Gasteiger partial charge in [0.15, 0.2) is 5.94 Å². The Morgan fingerprint density at radius 3 is 2.07 bits per heavy atom. The second kappa shape index (κ2) is 6.74. The summed E-state index contributed by atoms with van der Waals surface area (Å²) in [6.07, 6.45) is 0.480.